The summed E-state index contributed by atoms with van der Waals surface area (Å²) >= 11 is 12.7. The first-order valence-corrected chi connectivity index (χ1v) is 13.1. The van der Waals surface area contributed by atoms with E-state index < -0.39 is 15.4 Å². The molecular weight excluding hydrogens is 491 g/mol. The van der Waals surface area contributed by atoms with Gasteiger partial charge in [-0.2, -0.15) is 0 Å². The number of rotatable bonds is 6. The number of benzene rings is 3. The number of aliphatic imine (C=N–C) groups is 1. The fourth-order valence-electron chi connectivity index (χ4n) is 3.19. The second kappa shape index (κ2) is 9.92. The number of sulfone groups is 1. The van der Waals surface area contributed by atoms with E-state index in [1.807, 2.05) is 31.2 Å². The van der Waals surface area contributed by atoms with Crippen molar-refractivity contribution in [2.45, 2.75) is 31.3 Å². The smallest absolute Gasteiger partial charge is 0.175 e. The minimum atomic E-state index is -3.31. The Morgan fingerprint density at radius 3 is 2.29 bits per heavy atom. The van der Waals surface area contributed by atoms with Crippen LogP contribution in [0.5, 0.6) is 0 Å². The number of halogens is 2. The van der Waals surface area contributed by atoms with Gasteiger partial charge in [0.25, 0.3) is 0 Å². The van der Waals surface area contributed by atoms with Crippen molar-refractivity contribution in [3.8, 4) is 11.1 Å². The van der Waals surface area contributed by atoms with Gasteiger partial charge in [-0.3, -0.25) is 0 Å². The molecule has 3 N–H and O–H groups in total. The molecule has 34 heavy (non-hydrogen) atoms. The van der Waals surface area contributed by atoms with Gasteiger partial charge in [0.05, 0.1) is 31.9 Å². The van der Waals surface area contributed by atoms with Crippen LogP contribution in [0.1, 0.15) is 25.0 Å². The molecule has 0 fully saturated rings. The van der Waals surface area contributed by atoms with Crippen molar-refractivity contribution in [3.05, 3.63) is 93.6 Å². The molecular formula is C26H26Cl2N2O3S. The third-order valence-electron chi connectivity index (χ3n) is 5.26. The van der Waals surface area contributed by atoms with Crippen LogP contribution in [-0.4, -0.2) is 31.1 Å². The zero-order valence-electron chi connectivity index (χ0n) is 19.3. The number of aryl methyl sites for hydroxylation is 1. The summed E-state index contributed by atoms with van der Waals surface area (Å²) in [5.41, 5.74) is 9.26. The van der Waals surface area contributed by atoms with Crippen molar-refractivity contribution in [2.24, 2.45) is 10.7 Å². The van der Waals surface area contributed by atoms with Gasteiger partial charge in [-0.25, -0.2) is 13.4 Å². The summed E-state index contributed by atoms with van der Waals surface area (Å²) in [6.07, 6.45) is 2.77. The minimum absolute atomic E-state index is 0.217. The van der Waals surface area contributed by atoms with Crippen LogP contribution in [0.15, 0.2) is 82.3 Å². The van der Waals surface area contributed by atoms with Crippen LogP contribution in [0.2, 0.25) is 10.0 Å². The van der Waals surface area contributed by atoms with Crippen LogP contribution < -0.4 is 5.73 Å². The number of aliphatic hydroxyl groups is 1. The molecule has 0 aromatic heterocycles. The third-order valence-corrected chi connectivity index (χ3v) is 7.19. The largest absolute Gasteiger partial charge is 0.400 e. The summed E-state index contributed by atoms with van der Waals surface area (Å²) in [7, 11) is -3.31. The first-order chi connectivity index (χ1) is 15.8. The Balaban J connectivity index is 2.13. The summed E-state index contributed by atoms with van der Waals surface area (Å²) in [5.74, 6) is 0. The van der Waals surface area contributed by atoms with Crippen molar-refractivity contribution >= 4 is 44.4 Å². The highest BCUT2D eigenvalue weighted by molar-refractivity contribution is 7.90. The molecule has 178 valence electrons. The Hall–Kier alpha value is -2.64. The monoisotopic (exact) mass is 516 g/mol. The van der Waals surface area contributed by atoms with E-state index >= 15 is 0 Å². The highest BCUT2D eigenvalue weighted by Crippen LogP contribution is 2.31. The predicted molar refractivity (Wildman–Crippen MR) is 141 cm³/mol. The average Bonchev–Trinajstić information content (AvgIpc) is 2.75. The molecule has 8 heteroatoms. The second-order valence-corrected chi connectivity index (χ2v) is 11.4. The molecule has 0 radical (unpaired) electrons. The van der Waals surface area contributed by atoms with Crippen LogP contribution in [0.25, 0.3) is 11.1 Å². The molecule has 3 aromatic carbocycles. The maximum absolute atomic E-state index is 11.9. The fraction of sp³-hybridized carbons (Fsp3) is 0.192. The molecule has 0 saturated carbocycles. The van der Waals surface area contributed by atoms with Gasteiger partial charge < -0.3 is 10.8 Å². The number of nitrogens with two attached hydrogens (primary N) is 1. The standard InChI is InChI=1S/C26H26Cl2N2O3S/c1-16-13-18(17-7-5-8-19(14-17)34(4,32)33)11-12-22(16)30-23(15-24(29)26(2,3)31)20-9-6-10-21(27)25(20)28/h5-15,31H,29H2,1-4H3. The molecule has 0 atom stereocenters. The van der Waals surface area contributed by atoms with Gasteiger partial charge in [0.1, 0.15) is 0 Å². The maximum Gasteiger partial charge on any atom is 0.175 e. The highest BCUT2D eigenvalue weighted by Gasteiger charge is 2.19. The SMILES string of the molecule is Cc1cc(-c2cccc(S(C)(=O)=O)c2)ccc1N=C(C=C(N)C(C)(C)O)c1cccc(Cl)c1Cl. The lowest BCUT2D eigenvalue weighted by molar-refractivity contribution is 0.118. The summed E-state index contributed by atoms with van der Waals surface area (Å²) in [6, 6.07) is 17.7. The summed E-state index contributed by atoms with van der Waals surface area (Å²) in [4.78, 5) is 5.04. The molecule has 0 bridgehead atoms. The lowest BCUT2D eigenvalue weighted by Crippen LogP contribution is -2.28. The number of nitrogens with zero attached hydrogens (tertiary/aromatic N) is 1. The minimum Gasteiger partial charge on any atom is -0.400 e. The van der Waals surface area contributed by atoms with E-state index in [1.54, 1.807) is 56.3 Å². The van der Waals surface area contributed by atoms with Gasteiger partial charge in [-0.1, -0.05) is 53.5 Å². The van der Waals surface area contributed by atoms with Crippen molar-refractivity contribution in [1.29, 1.82) is 0 Å². The molecule has 0 aliphatic carbocycles. The summed E-state index contributed by atoms with van der Waals surface area (Å²) in [6.45, 7) is 5.07. The van der Waals surface area contributed by atoms with Gasteiger partial charge in [0.15, 0.2) is 9.84 Å². The van der Waals surface area contributed by atoms with E-state index in [0.29, 0.717) is 27.0 Å². The molecule has 0 heterocycles. The quantitative estimate of drug-likeness (QED) is 0.386. The van der Waals surface area contributed by atoms with Gasteiger partial charge in [-0.05, 0) is 73.9 Å². The van der Waals surface area contributed by atoms with E-state index in [4.69, 9.17) is 33.9 Å². The molecule has 0 amide bonds. The Labute approximate surface area is 210 Å². The second-order valence-electron chi connectivity index (χ2n) is 8.56. The Kier molecular flexibility index (Phi) is 7.58. The molecule has 5 nitrogen and oxygen atoms in total. The van der Waals surface area contributed by atoms with Gasteiger partial charge in [0.2, 0.25) is 0 Å². The fourth-order valence-corrected chi connectivity index (χ4v) is 4.26. The Morgan fingerprint density at radius 1 is 1.03 bits per heavy atom. The van der Waals surface area contributed by atoms with Crippen LogP contribution in [-0.2, 0) is 9.84 Å². The normalized spacial score (nSPS) is 13.3. The van der Waals surface area contributed by atoms with Crippen molar-refractivity contribution in [3.63, 3.8) is 0 Å². The lowest BCUT2D eigenvalue weighted by Gasteiger charge is -2.18. The van der Waals surface area contributed by atoms with E-state index in [9.17, 15) is 13.5 Å². The van der Waals surface area contributed by atoms with Crippen LogP contribution in [0.4, 0.5) is 5.69 Å². The Morgan fingerprint density at radius 2 is 1.68 bits per heavy atom. The molecule has 0 aliphatic heterocycles. The van der Waals surface area contributed by atoms with Crippen molar-refractivity contribution in [1.82, 2.24) is 0 Å². The van der Waals surface area contributed by atoms with Gasteiger partial charge in [-0.15, -0.1) is 0 Å². The number of hydrogen-bond acceptors (Lipinski definition) is 5. The Bertz CT molecular complexity index is 1410. The van der Waals surface area contributed by atoms with E-state index in [0.717, 1.165) is 16.7 Å². The molecule has 3 aromatic rings. The molecule has 0 aliphatic rings. The maximum atomic E-state index is 11.9. The molecule has 0 unspecified atom stereocenters. The van der Waals surface area contributed by atoms with Crippen LogP contribution in [0, 0.1) is 6.92 Å². The highest BCUT2D eigenvalue weighted by atomic mass is 35.5. The topological polar surface area (TPSA) is 92.8 Å². The summed E-state index contributed by atoms with van der Waals surface area (Å²) in [5, 5.41) is 11.0. The van der Waals surface area contributed by atoms with E-state index in [-0.39, 0.29) is 10.6 Å². The van der Waals surface area contributed by atoms with Crippen molar-refractivity contribution < 1.29 is 13.5 Å². The lowest BCUT2D eigenvalue weighted by atomic mass is 10.0. The van der Waals surface area contributed by atoms with E-state index in [2.05, 4.69) is 0 Å². The average molecular weight is 517 g/mol. The number of allylic oxidation sites excluding steroid dienone is 1. The van der Waals surface area contributed by atoms with Gasteiger partial charge in [0, 0.05) is 17.5 Å². The first kappa shape index (κ1) is 26.0. The third kappa shape index (κ3) is 6.07. The predicted octanol–water partition coefficient (Wildman–Crippen LogP) is 6.11. The zero-order valence-corrected chi connectivity index (χ0v) is 21.6. The van der Waals surface area contributed by atoms with Crippen LogP contribution >= 0.6 is 23.2 Å². The first-order valence-electron chi connectivity index (χ1n) is 10.4. The van der Waals surface area contributed by atoms with Gasteiger partial charge >= 0.3 is 0 Å². The summed E-state index contributed by atoms with van der Waals surface area (Å²) < 4.78 is 23.9. The van der Waals surface area contributed by atoms with Crippen molar-refractivity contribution in [2.75, 3.05) is 6.26 Å². The molecule has 0 spiro atoms. The zero-order chi connectivity index (χ0) is 25.3. The van der Waals surface area contributed by atoms with E-state index in [1.165, 1.54) is 6.26 Å². The van der Waals surface area contributed by atoms with Crippen LogP contribution in [0.3, 0.4) is 0 Å². The molecule has 3 rings (SSSR count). The number of hydrogen-bond donors (Lipinski definition) is 2. The molecule has 0 saturated heterocycles.